The number of hydrogen-bond donors (Lipinski definition) is 4. The number of amides is 2. The Morgan fingerprint density at radius 3 is 2.46 bits per heavy atom. The van der Waals surface area contributed by atoms with Crippen molar-refractivity contribution in [3.8, 4) is 0 Å². The molecule has 2 amide bonds. The van der Waals surface area contributed by atoms with Crippen LogP contribution in [0.4, 0.5) is 13.2 Å². The lowest BCUT2D eigenvalue weighted by molar-refractivity contribution is -0.137. The summed E-state index contributed by atoms with van der Waals surface area (Å²) in [6.07, 6.45) is -2.77. The van der Waals surface area contributed by atoms with Gasteiger partial charge in [-0.2, -0.15) is 13.2 Å². The number of carbonyl (C=O) groups is 2. The third kappa shape index (κ3) is 4.73. The molecule has 1 heterocycles. The molecule has 0 spiro atoms. The molecule has 6 nitrogen and oxygen atoms in total. The summed E-state index contributed by atoms with van der Waals surface area (Å²) in [7, 11) is 0. The van der Waals surface area contributed by atoms with E-state index >= 15 is 0 Å². The molecule has 1 saturated heterocycles. The van der Waals surface area contributed by atoms with Gasteiger partial charge in [-0.05, 0) is 37.5 Å². The van der Waals surface area contributed by atoms with Crippen molar-refractivity contribution in [2.45, 2.75) is 56.8 Å². The minimum absolute atomic E-state index is 0.00834. The molecule has 3 rings (SSSR count). The van der Waals surface area contributed by atoms with Crippen molar-refractivity contribution < 1.29 is 22.8 Å². The number of hydrogen-bond acceptors (Lipinski definition) is 4. The summed E-state index contributed by atoms with van der Waals surface area (Å²) >= 11 is 0. The first kappa shape index (κ1) is 18.7. The average molecular weight is 370 g/mol. The first-order chi connectivity index (χ1) is 12.2. The van der Waals surface area contributed by atoms with E-state index in [1.54, 1.807) is 6.92 Å². The first-order valence-corrected chi connectivity index (χ1v) is 8.51. The van der Waals surface area contributed by atoms with Crippen LogP contribution in [0.2, 0.25) is 0 Å². The van der Waals surface area contributed by atoms with Gasteiger partial charge in [-0.1, -0.05) is 12.1 Å². The normalized spacial score (nSPS) is 24.7. The van der Waals surface area contributed by atoms with Gasteiger partial charge in [0.1, 0.15) is 6.29 Å². The monoisotopic (exact) mass is 370 g/mol. The zero-order chi connectivity index (χ0) is 18.9. The SMILES string of the molecule is C[C@@H](NC(=O)C1CC(=O)NC(NC2CC2)N1)c1ccc(C(F)(F)F)cc1. The van der Waals surface area contributed by atoms with Crippen molar-refractivity contribution in [3.63, 3.8) is 0 Å². The highest BCUT2D eigenvalue weighted by Crippen LogP contribution is 2.29. The van der Waals surface area contributed by atoms with Gasteiger partial charge in [0.15, 0.2) is 0 Å². The van der Waals surface area contributed by atoms with Crippen LogP contribution in [0.3, 0.4) is 0 Å². The molecule has 1 saturated carbocycles. The maximum absolute atomic E-state index is 12.6. The predicted octanol–water partition coefficient (Wildman–Crippen LogP) is 1.40. The second kappa shape index (κ2) is 7.24. The maximum Gasteiger partial charge on any atom is 0.416 e. The van der Waals surface area contributed by atoms with E-state index in [9.17, 15) is 22.8 Å². The Morgan fingerprint density at radius 2 is 1.88 bits per heavy atom. The number of carbonyl (C=O) groups excluding carboxylic acids is 2. The van der Waals surface area contributed by atoms with Crippen molar-refractivity contribution in [3.05, 3.63) is 35.4 Å². The fraction of sp³-hybridized carbons (Fsp3) is 0.529. The Morgan fingerprint density at radius 1 is 1.23 bits per heavy atom. The smallest absolute Gasteiger partial charge is 0.348 e. The van der Waals surface area contributed by atoms with E-state index in [2.05, 4.69) is 21.3 Å². The van der Waals surface area contributed by atoms with Gasteiger partial charge < -0.3 is 10.6 Å². The van der Waals surface area contributed by atoms with E-state index < -0.39 is 30.1 Å². The van der Waals surface area contributed by atoms with Gasteiger partial charge in [-0.3, -0.25) is 20.2 Å². The second-order valence-corrected chi connectivity index (χ2v) is 6.71. The van der Waals surface area contributed by atoms with Crippen molar-refractivity contribution in [2.24, 2.45) is 0 Å². The van der Waals surface area contributed by atoms with Gasteiger partial charge in [-0.25, -0.2) is 0 Å². The molecule has 1 aromatic rings. The van der Waals surface area contributed by atoms with Crippen LogP contribution < -0.4 is 21.3 Å². The van der Waals surface area contributed by atoms with E-state index in [1.807, 2.05) is 0 Å². The molecule has 1 aliphatic carbocycles. The van der Waals surface area contributed by atoms with Crippen LogP contribution in [0.15, 0.2) is 24.3 Å². The fourth-order valence-electron chi connectivity index (χ4n) is 2.81. The Balaban J connectivity index is 1.58. The molecular formula is C17H21F3N4O2. The van der Waals surface area contributed by atoms with Crippen molar-refractivity contribution >= 4 is 11.8 Å². The molecule has 26 heavy (non-hydrogen) atoms. The van der Waals surface area contributed by atoms with Crippen LogP contribution >= 0.6 is 0 Å². The van der Waals surface area contributed by atoms with Gasteiger partial charge in [0.2, 0.25) is 11.8 Å². The van der Waals surface area contributed by atoms with Crippen molar-refractivity contribution in [2.75, 3.05) is 0 Å². The molecule has 0 aromatic heterocycles. The molecule has 0 bridgehead atoms. The standard InChI is InChI=1S/C17H21F3N4O2/c1-9(10-2-4-11(5-3-10)17(18,19)20)21-15(26)13-8-14(25)24-16(23-13)22-12-6-7-12/h2-5,9,12-13,16,22-23H,6-8H2,1H3,(H,21,26)(H,24,25)/t9-,13?,16?/m1/s1. The average Bonchev–Trinajstić information content (AvgIpc) is 3.37. The summed E-state index contributed by atoms with van der Waals surface area (Å²) in [5.41, 5.74) is -0.182. The van der Waals surface area contributed by atoms with Gasteiger partial charge in [0.25, 0.3) is 0 Å². The number of rotatable bonds is 5. The van der Waals surface area contributed by atoms with E-state index in [-0.39, 0.29) is 18.2 Å². The molecule has 2 fully saturated rings. The Labute approximate surface area is 148 Å². The highest BCUT2D eigenvalue weighted by atomic mass is 19.4. The quantitative estimate of drug-likeness (QED) is 0.632. The molecule has 0 radical (unpaired) electrons. The Bertz CT molecular complexity index is 674. The summed E-state index contributed by atoms with van der Waals surface area (Å²) in [5, 5.41) is 11.7. The lowest BCUT2D eigenvalue weighted by atomic mass is 10.0. The highest BCUT2D eigenvalue weighted by Gasteiger charge is 2.34. The molecule has 1 aliphatic heterocycles. The maximum atomic E-state index is 12.6. The van der Waals surface area contributed by atoms with Gasteiger partial charge in [0, 0.05) is 6.04 Å². The van der Waals surface area contributed by atoms with Crippen LogP contribution in [0.25, 0.3) is 0 Å². The minimum Gasteiger partial charge on any atom is -0.348 e. The molecular weight excluding hydrogens is 349 g/mol. The third-order valence-corrected chi connectivity index (χ3v) is 4.46. The molecule has 3 atom stereocenters. The zero-order valence-corrected chi connectivity index (χ0v) is 14.2. The molecule has 2 unspecified atom stereocenters. The predicted molar refractivity (Wildman–Crippen MR) is 87.6 cm³/mol. The van der Waals surface area contributed by atoms with Crippen molar-refractivity contribution in [1.29, 1.82) is 0 Å². The lowest BCUT2D eigenvalue weighted by Crippen LogP contribution is -2.66. The molecule has 2 aliphatic rings. The van der Waals surface area contributed by atoms with Gasteiger partial charge >= 0.3 is 6.18 Å². The minimum atomic E-state index is -4.39. The van der Waals surface area contributed by atoms with Crippen LogP contribution in [-0.2, 0) is 15.8 Å². The van der Waals surface area contributed by atoms with Crippen LogP contribution in [0.1, 0.15) is 43.4 Å². The van der Waals surface area contributed by atoms with Crippen LogP contribution in [0.5, 0.6) is 0 Å². The second-order valence-electron chi connectivity index (χ2n) is 6.71. The number of benzene rings is 1. The summed E-state index contributed by atoms with van der Waals surface area (Å²) in [4.78, 5) is 24.2. The fourth-order valence-corrected chi connectivity index (χ4v) is 2.81. The first-order valence-electron chi connectivity index (χ1n) is 8.51. The number of alkyl halides is 3. The zero-order valence-electron chi connectivity index (χ0n) is 14.2. The van der Waals surface area contributed by atoms with E-state index in [4.69, 9.17) is 0 Å². The topological polar surface area (TPSA) is 82.3 Å². The largest absolute Gasteiger partial charge is 0.416 e. The molecule has 142 valence electrons. The van der Waals surface area contributed by atoms with E-state index in [0.29, 0.717) is 11.6 Å². The van der Waals surface area contributed by atoms with Crippen molar-refractivity contribution in [1.82, 2.24) is 21.3 Å². The Kier molecular flexibility index (Phi) is 5.19. The van der Waals surface area contributed by atoms with Crippen LogP contribution in [0, 0.1) is 0 Å². The van der Waals surface area contributed by atoms with Crippen LogP contribution in [-0.4, -0.2) is 30.2 Å². The summed E-state index contributed by atoms with van der Waals surface area (Å²) in [6, 6.07) is 3.82. The van der Waals surface area contributed by atoms with E-state index in [1.165, 1.54) is 12.1 Å². The van der Waals surface area contributed by atoms with Gasteiger partial charge in [-0.15, -0.1) is 0 Å². The summed E-state index contributed by atoms with van der Waals surface area (Å²) < 4.78 is 37.9. The van der Waals surface area contributed by atoms with Gasteiger partial charge in [0.05, 0.1) is 24.1 Å². The summed E-state index contributed by atoms with van der Waals surface area (Å²) in [6.45, 7) is 1.68. The highest BCUT2D eigenvalue weighted by molar-refractivity contribution is 5.89. The molecule has 4 N–H and O–H groups in total. The Hall–Kier alpha value is -2.13. The van der Waals surface area contributed by atoms with E-state index in [0.717, 1.165) is 25.0 Å². The third-order valence-electron chi connectivity index (χ3n) is 4.46. The number of nitrogens with one attached hydrogen (secondary N) is 4. The lowest BCUT2D eigenvalue weighted by Gasteiger charge is -2.32. The molecule has 9 heteroatoms. The summed E-state index contributed by atoms with van der Waals surface area (Å²) in [5.74, 6) is -0.598. The number of halogens is 3. The molecule has 1 aromatic carbocycles.